The van der Waals surface area contributed by atoms with Crippen LogP contribution in [0.1, 0.15) is 89.5 Å². The predicted octanol–water partition coefficient (Wildman–Crippen LogP) is 7.92. The van der Waals surface area contributed by atoms with Crippen molar-refractivity contribution in [1.82, 2.24) is 0 Å². The van der Waals surface area contributed by atoms with E-state index in [1.807, 2.05) is 0 Å². The molecule has 0 N–H and O–H groups in total. The maximum absolute atomic E-state index is 14.7. The van der Waals surface area contributed by atoms with Gasteiger partial charge < -0.3 is 9.47 Å². The zero-order valence-electron chi connectivity index (χ0n) is 19.2. The van der Waals surface area contributed by atoms with Crippen LogP contribution in [0, 0.1) is 36.3 Å². The highest BCUT2D eigenvalue weighted by Crippen LogP contribution is 2.40. The molecule has 0 bridgehead atoms. The van der Waals surface area contributed by atoms with Crippen LogP contribution >= 0.6 is 0 Å². The first-order valence-electron chi connectivity index (χ1n) is 12.5. The van der Waals surface area contributed by atoms with E-state index >= 15 is 0 Å². The molecule has 0 amide bonds. The van der Waals surface area contributed by atoms with Gasteiger partial charge in [-0.15, -0.1) is 0 Å². The Morgan fingerprint density at radius 3 is 2.32 bits per heavy atom. The van der Waals surface area contributed by atoms with Gasteiger partial charge in [0, 0.05) is 0 Å². The fourth-order valence-electron chi connectivity index (χ4n) is 5.86. The van der Waals surface area contributed by atoms with Crippen LogP contribution in [0.25, 0.3) is 0 Å². The van der Waals surface area contributed by atoms with E-state index in [9.17, 15) is 8.78 Å². The topological polar surface area (TPSA) is 18.5 Å². The van der Waals surface area contributed by atoms with Crippen LogP contribution in [0.2, 0.25) is 0 Å². The quantitative estimate of drug-likeness (QED) is 0.407. The van der Waals surface area contributed by atoms with Gasteiger partial charge in [0.1, 0.15) is 6.61 Å². The lowest BCUT2D eigenvalue weighted by atomic mass is 9.71. The van der Waals surface area contributed by atoms with Crippen LogP contribution < -0.4 is 9.47 Å². The van der Waals surface area contributed by atoms with Gasteiger partial charge in [-0.3, -0.25) is 0 Å². The number of hydrogen-bond acceptors (Lipinski definition) is 2. The van der Waals surface area contributed by atoms with Crippen molar-refractivity contribution in [1.29, 1.82) is 0 Å². The maximum Gasteiger partial charge on any atom is 0.204 e. The van der Waals surface area contributed by atoms with E-state index < -0.39 is 11.6 Å². The van der Waals surface area contributed by atoms with Crippen LogP contribution in [0.4, 0.5) is 8.78 Å². The number of halogens is 2. The summed E-state index contributed by atoms with van der Waals surface area (Å²) >= 11 is 0. The second kappa shape index (κ2) is 10.4. The molecule has 0 heterocycles. The molecule has 0 aliphatic heterocycles. The molecule has 4 heteroatoms. The van der Waals surface area contributed by atoms with Gasteiger partial charge in [-0.1, -0.05) is 32.3 Å². The van der Waals surface area contributed by atoms with Gasteiger partial charge in [-0.25, -0.2) is 0 Å². The summed E-state index contributed by atoms with van der Waals surface area (Å²) in [6.07, 6.45) is 16.4. The minimum Gasteiger partial charge on any atom is -0.487 e. The Balaban J connectivity index is 1.32. The van der Waals surface area contributed by atoms with Crippen molar-refractivity contribution in [3.63, 3.8) is 0 Å². The highest BCUT2D eigenvalue weighted by Gasteiger charge is 2.28. The zero-order valence-corrected chi connectivity index (χ0v) is 19.2. The van der Waals surface area contributed by atoms with Crippen molar-refractivity contribution in [2.75, 3.05) is 6.61 Å². The number of allylic oxidation sites excluding steroid dienone is 1. The van der Waals surface area contributed by atoms with E-state index in [2.05, 4.69) is 13.0 Å². The molecule has 31 heavy (non-hydrogen) atoms. The van der Waals surface area contributed by atoms with Crippen molar-refractivity contribution in [2.24, 2.45) is 17.8 Å². The standard InChI is InChI=1S/C27H38F2O2/c1-3-19-8-12-21(13-9-19)22-14-10-20(11-15-22)17-30-27-18(2)16-24(25(28)26(27)29)31-23-6-4-5-7-23/h10,16,19,21-23H,3-9,11-15,17H2,1-2H3. The number of ether oxygens (including phenoxy) is 2. The summed E-state index contributed by atoms with van der Waals surface area (Å²) in [6, 6.07) is 1.59. The highest BCUT2D eigenvalue weighted by atomic mass is 19.2. The summed E-state index contributed by atoms with van der Waals surface area (Å²) in [5.74, 6) is 0.784. The average Bonchev–Trinajstić information content (AvgIpc) is 3.31. The Kier molecular flexibility index (Phi) is 7.55. The van der Waals surface area contributed by atoms with Gasteiger partial charge in [0.2, 0.25) is 11.6 Å². The lowest BCUT2D eigenvalue weighted by molar-refractivity contribution is 0.187. The molecule has 0 aromatic heterocycles. The molecule has 172 valence electrons. The molecule has 4 rings (SSSR count). The lowest BCUT2D eigenvalue weighted by Crippen LogP contribution is -2.23. The molecule has 2 fully saturated rings. The van der Waals surface area contributed by atoms with Gasteiger partial charge in [0.15, 0.2) is 11.5 Å². The molecular weight excluding hydrogens is 394 g/mol. The van der Waals surface area contributed by atoms with Gasteiger partial charge in [0.05, 0.1) is 6.10 Å². The molecule has 0 radical (unpaired) electrons. The Morgan fingerprint density at radius 2 is 1.68 bits per heavy atom. The van der Waals surface area contributed by atoms with Crippen molar-refractivity contribution < 1.29 is 18.3 Å². The molecule has 3 aliphatic rings. The van der Waals surface area contributed by atoms with Gasteiger partial charge in [-0.2, -0.15) is 8.78 Å². The first kappa shape index (κ1) is 22.6. The summed E-state index contributed by atoms with van der Waals surface area (Å²) in [5, 5.41) is 0. The third kappa shape index (κ3) is 5.43. The second-order valence-electron chi connectivity index (χ2n) is 10.0. The molecule has 1 unspecified atom stereocenters. The minimum atomic E-state index is -0.923. The van der Waals surface area contributed by atoms with E-state index in [-0.39, 0.29) is 17.6 Å². The van der Waals surface area contributed by atoms with Crippen LogP contribution in [-0.4, -0.2) is 12.7 Å². The SMILES string of the molecule is CCC1CCC(C2CC=C(COc3c(C)cc(OC4CCCC4)c(F)c3F)CC2)CC1. The lowest BCUT2D eigenvalue weighted by Gasteiger charge is -2.35. The molecule has 1 atom stereocenters. The number of aryl methyl sites for hydroxylation is 1. The second-order valence-corrected chi connectivity index (χ2v) is 10.0. The molecule has 1 aromatic carbocycles. The van der Waals surface area contributed by atoms with Crippen molar-refractivity contribution in [2.45, 2.75) is 97.0 Å². The Labute approximate surface area is 186 Å². The summed E-state index contributed by atoms with van der Waals surface area (Å²) in [4.78, 5) is 0. The van der Waals surface area contributed by atoms with Crippen molar-refractivity contribution >= 4 is 0 Å². The normalized spacial score (nSPS) is 27.2. The van der Waals surface area contributed by atoms with Crippen LogP contribution in [0.15, 0.2) is 17.7 Å². The summed E-state index contributed by atoms with van der Waals surface area (Å²) < 4.78 is 40.8. The van der Waals surface area contributed by atoms with Crippen LogP contribution in [0.3, 0.4) is 0 Å². The Morgan fingerprint density at radius 1 is 0.935 bits per heavy atom. The molecule has 0 spiro atoms. The van der Waals surface area contributed by atoms with Crippen molar-refractivity contribution in [3.8, 4) is 11.5 Å². The predicted molar refractivity (Wildman–Crippen MR) is 121 cm³/mol. The fraction of sp³-hybridized carbons (Fsp3) is 0.704. The number of hydrogen-bond donors (Lipinski definition) is 0. The van der Waals surface area contributed by atoms with E-state index in [1.165, 1.54) is 44.1 Å². The Bertz CT molecular complexity index is 774. The summed E-state index contributed by atoms with van der Waals surface area (Å²) in [7, 11) is 0. The molecule has 0 saturated heterocycles. The smallest absolute Gasteiger partial charge is 0.204 e. The molecule has 2 nitrogen and oxygen atoms in total. The maximum atomic E-state index is 14.7. The fourth-order valence-corrected chi connectivity index (χ4v) is 5.86. The zero-order chi connectivity index (χ0) is 21.8. The number of rotatable bonds is 7. The molecule has 1 aromatic rings. The Hall–Kier alpha value is -1.58. The number of benzene rings is 1. The summed E-state index contributed by atoms with van der Waals surface area (Å²) in [6.45, 7) is 4.42. The largest absolute Gasteiger partial charge is 0.487 e. The molecule has 3 aliphatic carbocycles. The third-order valence-electron chi connectivity index (χ3n) is 7.99. The van der Waals surface area contributed by atoms with Gasteiger partial charge in [-0.05, 0) is 99.7 Å². The van der Waals surface area contributed by atoms with E-state index in [1.54, 1.807) is 13.0 Å². The van der Waals surface area contributed by atoms with Crippen LogP contribution in [0.5, 0.6) is 11.5 Å². The van der Waals surface area contributed by atoms with E-state index in [4.69, 9.17) is 9.47 Å². The highest BCUT2D eigenvalue weighted by molar-refractivity contribution is 5.42. The average molecular weight is 433 g/mol. The third-order valence-corrected chi connectivity index (χ3v) is 7.99. The van der Waals surface area contributed by atoms with Gasteiger partial charge in [0.25, 0.3) is 0 Å². The first-order valence-corrected chi connectivity index (χ1v) is 12.5. The van der Waals surface area contributed by atoms with E-state index in [0.29, 0.717) is 12.2 Å². The summed E-state index contributed by atoms with van der Waals surface area (Å²) in [5.41, 5.74) is 1.80. The first-order chi connectivity index (χ1) is 15.0. The van der Waals surface area contributed by atoms with Crippen LogP contribution in [-0.2, 0) is 0 Å². The molecule has 2 saturated carbocycles. The monoisotopic (exact) mass is 432 g/mol. The molecular formula is C27H38F2O2. The van der Waals surface area contributed by atoms with E-state index in [0.717, 1.165) is 56.3 Å². The minimum absolute atomic E-state index is 0.00238. The van der Waals surface area contributed by atoms with Crippen molar-refractivity contribution in [3.05, 3.63) is 34.9 Å². The van der Waals surface area contributed by atoms with Gasteiger partial charge >= 0.3 is 0 Å².